The number of hydrogen-bond donors (Lipinski definition) is 4. The van der Waals surface area contributed by atoms with Crippen molar-refractivity contribution in [2.45, 2.75) is 31.9 Å². The number of carbonyl (C=O) groups excluding carboxylic acids is 2. The molecule has 1 aliphatic rings. The van der Waals surface area contributed by atoms with Crippen LogP contribution in [0.25, 0.3) is 0 Å². The van der Waals surface area contributed by atoms with Crippen LogP contribution in [0.1, 0.15) is 19.8 Å². The molecular weight excluding hydrogens is 210 g/mol. The van der Waals surface area contributed by atoms with E-state index in [-0.39, 0.29) is 24.0 Å². The van der Waals surface area contributed by atoms with Gasteiger partial charge in [0, 0.05) is 26.1 Å². The molecule has 0 aromatic carbocycles. The molecule has 1 saturated heterocycles. The maximum absolute atomic E-state index is 11.5. The van der Waals surface area contributed by atoms with Crippen molar-refractivity contribution in [2.24, 2.45) is 0 Å². The van der Waals surface area contributed by atoms with Crippen LogP contribution in [0.3, 0.4) is 0 Å². The number of aliphatic hydroxyl groups is 1. The summed E-state index contributed by atoms with van der Waals surface area (Å²) in [7, 11) is 0. The Kier molecular flexibility index (Phi) is 5.21. The molecule has 1 heterocycles. The molecule has 6 heteroatoms. The zero-order chi connectivity index (χ0) is 12.0. The van der Waals surface area contributed by atoms with E-state index in [1.165, 1.54) is 0 Å². The van der Waals surface area contributed by atoms with Crippen LogP contribution in [0.15, 0.2) is 0 Å². The Morgan fingerprint density at radius 1 is 1.62 bits per heavy atom. The largest absolute Gasteiger partial charge is 0.392 e. The predicted molar refractivity (Wildman–Crippen MR) is 58.7 cm³/mol. The van der Waals surface area contributed by atoms with Gasteiger partial charge in [0.05, 0.1) is 6.10 Å². The van der Waals surface area contributed by atoms with E-state index in [2.05, 4.69) is 16.0 Å². The second-order valence-electron chi connectivity index (χ2n) is 4.00. The number of hydrogen-bond acceptors (Lipinski definition) is 4. The third-order valence-corrected chi connectivity index (χ3v) is 2.35. The molecule has 1 aliphatic heterocycles. The first-order chi connectivity index (χ1) is 7.59. The maximum atomic E-state index is 11.5. The van der Waals surface area contributed by atoms with Crippen molar-refractivity contribution in [1.82, 2.24) is 16.0 Å². The lowest BCUT2D eigenvalue weighted by Crippen LogP contribution is -2.44. The number of aliphatic hydroxyl groups excluding tert-OH is 1. The summed E-state index contributed by atoms with van der Waals surface area (Å²) in [5.74, 6) is -0.197. The van der Waals surface area contributed by atoms with Gasteiger partial charge in [-0.15, -0.1) is 0 Å². The van der Waals surface area contributed by atoms with Gasteiger partial charge in [-0.1, -0.05) is 0 Å². The molecule has 1 unspecified atom stereocenters. The lowest BCUT2D eigenvalue weighted by molar-refractivity contribution is -0.125. The standard InChI is InChI=1S/C10H19N3O3/c1-7(14)6-11-4-5-12-10(16)8-2-3-9(15)13-8/h7-8,11,14H,2-6H2,1H3,(H,12,16)(H,13,15)/t7?,8-/m0/s1. The zero-order valence-corrected chi connectivity index (χ0v) is 9.45. The van der Waals surface area contributed by atoms with E-state index in [4.69, 9.17) is 5.11 Å². The molecule has 0 bridgehead atoms. The van der Waals surface area contributed by atoms with Crippen LogP contribution in [0.5, 0.6) is 0 Å². The number of carbonyl (C=O) groups is 2. The Balaban J connectivity index is 2.04. The van der Waals surface area contributed by atoms with Gasteiger partial charge in [-0.25, -0.2) is 0 Å². The SMILES string of the molecule is CC(O)CNCCNC(=O)[C@@H]1CCC(=O)N1. The molecule has 1 fully saturated rings. The van der Waals surface area contributed by atoms with E-state index in [1.807, 2.05) is 0 Å². The van der Waals surface area contributed by atoms with Crippen molar-refractivity contribution < 1.29 is 14.7 Å². The van der Waals surface area contributed by atoms with Crippen LogP contribution in [0.4, 0.5) is 0 Å². The number of rotatable bonds is 6. The van der Waals surface area contributed by atoms with E-state index in [9.17, 15) is 9.59 Å². The first-order valence-electron chi connectivity index (χ1n) is 5.55. The minimum Gasteiger partial charge on any atom is -0.392 e. The summed E-state index contributed by atoms with van der Waals surface area (Å²) < 4.78 is 0. The molecule has 6 nitrogen and oxygen atoms in total. The summed E-state index contributed by atoms with van der Waals surface area (Å²) in [5.41, 5.74) is 0. The van der Waals surface area contributed by atoms with Crippen LogP contribution >= 0.6 is 0 Å². The first kappa shape index (κ1) is 12.9. The summed E-state index contributed by atoms with van der Waals surface area (Å²) >= 11 is 0. The van der Waals surface area contributed by atoms with Crippen molar-refractivity contribution in [1.29, 1.82) is 0 Å². The van der Waals surface area contributed by atoms with E-state index in [0.717, 1.165) is 0 Å². The van der Waals surface area contributed by atoms with Crippen LogP contribution in [-0.2, 0) is 9.59 Å². The van der Waals surface area contributed by atoms with Crippen LogP contribution in [-0.4, -0.2) is 48.7 Å². The van der Waals surface area contributed by atoms with Crippen molar-refractivity contribution in [3.8, 4) is 0 Å². The fourth-order valence-electron chi connectivity index (χ4n) is 1.52. The minimum absolute atomic E-state index is 0.0626. The summed E-state index contributed by atoms with van der Waals surface area (Å²) in [6.45, 7) is 3.31. The predicted octanol–water partition coefficient (Wildman–Crippen LogP) is -1.65. The lowest BCUT2D eigenvalue weighted by Gasteiger charge is -2.11. The minimum atomic E-state index is -0.384. The Labute approximate surface area is 94.8 Å². The van der Waals surface area contributed by atoms with Crippen molar-refractivity contribution >= 4 is 11.8 Å². The van der Waals surface area contributed by atoms with E-state index in [1.54, 1.807) is 6.92 Å². The molecule has 0 aromatic rings. The highest BCUT2D eigenvalue weighted by molar-refractivity contribution is 5.90. The molecule has 4 N–H and O–H groups in total. The summed E-state index contributed by atoms with van der Waals surface area (Å²) in [6.07, 6.45) is 0.620. The molecule has 0 radical (unpaired) electrons. The van der Waals surface area contributed by atoms with Gasteiger partial charge in [-0.2, -0.15) is 0 Å². The molecule has 0 saturated carbocycles. The van der Waals surface area contributed by atoms with E-state index < -0.39 is 0 Å². The Bertz CT molecular complexity index is 256. The molecule has 0 aliphatic carbocycles. The van der Waals surface area contributed by atoms with Crippen molar-refractivity contribution in [3.05, 3.63) is 0 Å². The van der Waals surface area contributed by atoms with Crippen LogP contribution < -0.4 is 16.0 Å². The number of amides is 2. The monoisotopic (exact) mass is 229 g/mol. The first-order valence-corrected chi connectivity index (χ1v) is 5.55. The Hall–Kier alpha value is -1.14. The van der Waals surface area contributed by atoms with Gasteiger partial charge in [-0.3, -0.25) is 9.59 Å². The van der Waals surface area contributed by atoms with E-state index >= 15 is 0 Å². The zero-order valence-electron chi connectivity index (χ0n) is 9.45. The lowest BCUT2D eigenvalue weighted by atomic mass is 10.2. The summed E-state index contributed by atoms with van der Waals surface area (Å²) in [4.78, 5) is 22.4. The van der Waals surface area contributed by atoms with Gasteiger partial charge in [0.1, 0.15) is 6.04 Å². The molecular formula is C10H19N3O3. The van der Waals surface area contributed by atoms with Gasteiger partial charge in [0.15, 0.2) is 0 Å². The van der Waals surface area contributed by atoms with Gasteiger partial charge in [0.2, 0.25) is 11.8 Å². The quantitative estimate of drug-likeness (QED) is 0.411. The van der Waals surface area contributed by atoms with Gasteiger partial charge < -0.3 is 21.1 Å². The average Bonchev–Trinajstić information content (AvgIpc) is 2.63. The Morgan fingerprint density at radius 3 is 2.94 bits per heavy atom. The third-order valence-electron chi connectivity index (χ3n) is 2.35. The fraction of sp³-hybridized carbons (Fsp3) is 0.800. The highest BCUT2D eigenvalue weighted by Gasteiger charge is 2.26. The second-order valence-corrected chi connectivity index (χ2v) is 4.00. The van der Waals surface area contributed by atoms with Crippen molar-refractivity contribution in [3.63, 3.8) is 0 Å². The molecule has 0 aromatic heterocycles. The topological polar surface area (TPSA) is 90.5 Å². The normalized spacial score (nSPS) is 21.6. The molecule has 1 rings (SSSR count). The van der Waals surface area contributed by atoms with Gasteiger partial charge >= 0.3 is 0 Å². The molecule has 16 heavy (non-hydrogen) atoms. The highest BCUT2D eigenvalue weighted by atomic mass is 16.3. The maximum Gasteiger partial charge on any atom is 0.242 e. The molecule has 2 amide bonds. The average molecular weight is 229 g/mol. The fourth-order valence-corrected chi connectivity index (χ4v) is 1.52. The van der Waals surface area contributed by atoms with Crippen LogP contribution in [0.2, 0.25) is 0 Å². The van der Waals surface area contributed by atoms with Gasteiger partial charge in [0.25, 0.3) is 0 Å². The van der Waals surface area contributed by atoms with Gasteiger partial charge in [-0.05, 0) is 13.3 Å². The molecule has 92 valence electrons. The van der Waals surface area contributed by atoms with Crippen molar-refractivity contribution in [2.75, 3.05) is 19.6 Å². The summed E-state index contributed by atoms with van der Waals surface area (Å²) in [5, 5.41) is 17.3. The Morgan fingerprint density at radius 2 is 2.38 bits per heavy atom. The summed E-state index contributed by atoms with van der Waals surface area (Å²) in [6, 6.07) is -0.371. The van der Waals surface area contributed by atoms with Crippen LogP contribution in [0, 0.1) is 0 Å². The molecule has 2 atom stereocenters. The van der Waals surface area contributed by atoms with E-state index in [0.29, 0.717) is 32.5 Å². The molecule has 0 spiro atoms. The number of nitrogens with one attached hydrogen (secondary N) is 3. The smallest absolute Gasteiger partial charge is 0.242 e. The third kappa shape index (κ3) is 4.59. The second kappa shape index (κ2) is 6.44. The highest BCUT2D eigenvalue weighted by Crippen LogP contribution is 2.05.